The van der Waals surface area contributed by atoms with Crippen molar-refractivity contribution in [3.63, 3.8) is 0 Å². The Morgan fingerprint density at radius 3 is 2.27 bits per heavy atom. The van der Waals surface area contributed by atoms with Gasteiger partial charge in [0.1, 0.15) is 5.69 Å². The van der Waals surface area contributed by atoms with Crippen molar-refractivity contribution in [2.75, 3.05) is 31.1 Å². The van der Waals surface area contributed by atoms with Crippen LogP contribution in [0.4, 0.5) is 11.4 Å². The van der Waals surface area contributed by atoms with Gasteiger partial charge < -0.3 is 9.80 Å². The van der Waals surface area contributed by atoms with E-state index in [1.165, 1.54) is 17.7 Å². The number of carbonyl (C=O) groups is 1. The fraction of sp³-hybridized carbons (Fsp3) is 0.214. The standard InChI is InChI=1S/C28H26ClN5O3/c1-19-7-8-21(17-20(19)2)25-18-27(33(30-25)26-6-4-3-5-24(26)29)28(35)32-15-13-31(14-16-32)22-9-11-23(12-10-22)34(36)37/h3-12,17-18H,13-16H2,1-2H3. The second kappa shape index (κ2) is 10.1. The van der Waals surface area contributed by atoms with E-state index in [0.717, 1.165) is 16.8 Å². The number of non-ortho nitro benzene ring substituents is 1. The highest BCUT2D eigenvalue weighted by atomic mass is 35.5. The van der Waals surface area contributed by atoms with E-state index in [1.54, 1.807) is 22.9 Å². The van der Waals surface area contributed by atoms with E-state index in [-0.39, 0.29) is 11.6 Å². The monoisotopic (exact) mass is 515 g/mol. The van der Waals surface area contributed by atoms with Gasteiger partial charge in [-0.05, 0) is 61.4 Å². The topological polar surface area (TPSA) is 84.5 Å². The van der Waals surface area contributed by atoms with Crippen molar-refractivity contribution < 1.29 is 9.72 Å². The van der Waals surface area contributed by atoms with Crippen molar-refractivity contribution >= 4 is 28.9 Å². The van der Waals surface area contributed by atoms with Crippen molar-refractivity contribution in [2.24, 2.45) is 0 Å². The number of nitro benzene ring substituents is 1. The number of benzene rings is 3. The molecule has 0 radical (unpaired) electrons. The molecular formula is C28H26ClN5O3. The summed E-state index contributed by atoms with van der Waals surface area (Å²) in [5.41, 5.74) is 6.04. The van der Waals surface area contributed by atoms with E-state index in [1.807, 2.05) is 35.2 Å². The first-order chi connectivity index (χ1) is 17.8. The Hall–Kier alpha value is -4.17. The summed E-state index contributed by atoms with van der Waals surface area (Å²) in [6, 6.07) is 21.8. The summed E-state index contributed by atoms with van der Waals surface area (Å²) < 4.78 is 1.64. The largest absolute Gasteiger partial charge is 0.368 e. The first kappa shape index (κ1) is 24.5. The lowest BCUT2D eigenvalue weighted by atomic mass is 10.0. The third-order valence-corrected chi connectivity index (χ3v) is 7.12. The van der Waals surface area contributed by atoms with Gasteiger partial charge in [0, 0.05) is 49.6 Å². The van der Waals surface area contributed by atoms with Gasteiger partial charge in [-0.1, -0.05) is 35.9 Å². The predicted octanol–water partition coefficient (Wildman–Crippen LogP) is 5.68. The first-order valence-corrected chi connectivity index (χ1v) is 12.4. The zero-order chi connectivity index (χ0) is 26.1. The van der Waals surface area contributed by atoms with Crippen LogP contribution >= 0.6 is 11.6 Å². The van der Waals surface area contributed by atoms with E-state index in [9.17, 15) is 14.9 Å². The van der Waals surface area contributed by atoms with E-state index < -0.39 is 4.92 Å². The summed E-state index contributed by atoms with van der Waals surface area (Å²) in [5.74, 6) is -0.120. The molecule has 1 fully saturated rings. The van der Waals surface area contributed by atoms with Gasteiger partial charge >= 0.3 is 0 Å². The van der Waals surface area contributed by atoms with Crippen LogP contribution in [0.5, 0.6) is 0 Å². The summed E-state index contributed by atoms with van der Waals surface area (Å²) >= 11 is 6.51. The zero-order valence-corrected chi connectivity index (χ0v) is 21.4. The Labute approximate surface area is 219 Å². The van der Waals surface area contributed by atoms with Crippen LogP contribution in [-0.4, -0.2) is 51.7 Å². The highest BCUT2D eigenvalue weighted by Gasteiger charge is 2.27. The number of hydrogen-bond acceptors (Lipinski definition) is 5. The van der Waals surface area contributed by atoms with Crippen LogP contribution in [0.25, 0.3) is 16.9 Å². The number of anilines is 1. The van der Waals surface area contributed by atoms with Crippen LogP contribution in [0.1, 0.15) is 21.6 Å². The van der Waals surface area contributed by atoms with Crippen LogP contribution in [0.3, 0.4) is 0 Å². The predicted molar refractivity (Wildman–Crippen MR) is 145 cm³/mol. The number of halogens is 1. The minimum Gasteiger partial charge on any atom is -0.368 e. The summed E-state index contributed by atoms with van der Waals surface area (Å²) in [6.07, 6.45) is 0. The lowest BCUT2D eigenvalue weighted by molar-refractivity contribution is -0.384. The molecule has 8 nitrogen and oxygen atoms in total. The van der Waals surface area contributed by atoms with Gasteiger partial charge in [-0.15, -0.1) is 0 Å². The number of piperazine rings is 1. The highest BCUT2D eigenvalue weighted by Crippen LogP contribution is 2.28. The van der Waals surface area contributed by atoms with Crippen LogP contribution in [-0.2, 0) is 0 Å². The van der Waals surface area contributed by atoms with Crippen LogP contribution in [0, 0.1) is 24.0 Å². The molecule has 1 aliphatic heterocycles. The Morgan fingerprint density at radius 1 is 0.919 bits per heavy atom. The van der Waals surface area contributed by atoms with Crippen molar-refractivity contribution in [3.05, 3.63) is 105 Å². The molecule has 1 amide bonds. The quantitative estimate of drug-likeness (QED) is 0.252. The molecule has 1 saturated heterocycles. The minimum atomic E-state index is -0.408. The second-order valence-corrected chi connectivity index (χ2v) is 9.54. The van der Waals surface area contributed by atoms with E-state index in [0.29, 0.717) is 48.3 Å². The van der Waals surface area contributed by atoms with Crippen molar-refractivity contribution in [1.82, 2.24) is 14.7 Å². The number of nitrogens with zero attached hydrogens (tertiary/aromatic N) is 5. The number of para-hydroxylation sites is 1. The molecule has 1 aromatic heterocycles. The summed E-state index contributed by atoms with van der Waals surface area (Å²) in [5, 5.41) is 16.3. The van der Waals surface area contributed by atoms with Crippen molar-refractivity contribution in [2.45, 2.75) is 13.8 Å². The number of amides is 1. The Morgan fingerprint density at radius 2 is 1.62 bits per heavy atom. The lowest BCUT2D eigenvalue weighted by Crippen LogP contribution is -2.49. The van der Waals surface area contributed by atoms with Gasteiger partial charge in [0.2, 0.25) is 0 Å². The molecule has 0 bridgehead atoms. The number of aromatic nitrogens is 2. The molecule has 4 aromatic rings. The normalized spacial score (nSPS) is 13.6. The molecule has 3 aromatic carbocycles. The molecule has 5 rings (SSSR count). The molecule has 37 heavy (non-hydrogen) atoms. The first-order valence-electron chi connectivity index (χ1n) is 12.0. The van der Waals surface area contributed by atoms with Gasteiger partial charge in [-0.25, -0.2) is 4.68 Å². The summed E-state index contributed by atoms with van der Waals surface area (Å²) in [6.45, 7) is 6.39. The average Bonchev–Trinajstić information content (AvgIpc) is 3.35. The molecule has 188 valence electrons. The lowest BCUT2D eigenvalue weighted by Gasteiger charge is -2.36. The third kappa shape index (κ3) is 4.93. The maximum atomic E-state index is 13.8. The molecule has 0 aliphatic carbocycles. The maximum absolute atomic E-state index is 13.8. The number of carbonyl (C=O) groups excluding carboxylic acids is 1. The van der Waals surface area contributed by atoms with Gasteiger partial charge in [-0.2, -0.15) is 5.10 Å². The van der Waals surface area contributed by atoms with Gasteiger partial charge in [0.05, 0.1) is 21.3 Å². The van der Waals surface area contributed by atoms with Crippen molar-refractivity contribution in [1.29, 1.82) is 0 Å². The van der Waals surface area contributed by atoms with Gasteiger partial charge in [0.25, 0.3) is 11.6 Å². The molecule has 0 N–H and O–H groups in total. The minimum absolute atomic E-state index is 0.0602. The van der Waals surface area contributed by atoms with Crippen LogP contribution in [0.15, 0.2) is 72.8 Å². The number of nitro groups is 1. The van der Waals surface area contributed by atoms with Crippen LogP contribution in [0.2, 0.25) is 5.02 Å². The van der Waals surface area contributed by atoms with E-state index >= 15 is 0 Å². The highest BCUT2D eigenvalue weighted by molar-refractivity contribution is 6.32. The number of hydrogen-bond donors (Lipinski definition) is 0. The third-order valence-electron chi connectivity index (χ3n) is 6.80. The number of aryl methyl sites for hydroxylation is 2. The van der Waals surface area contributed by atoms with Gasteiger partial charge in [-0.3, -0.25) is 14.9 Å². The summed E-state index contributed by atoms with van der Waals surface area (Å²) in [7, 11) is 0. The Kier molecular flexibility index (Phi) is 6.67. The van der Waals surface area contributed by atoms with Crippen molar-refractivity contribution in [3.8, 4) is 16.9 Å². The molecular weight excluding hydrogens is 490 g/mol. The Balaban J connectivity index is 1.42. The molecule has 1 aliphatic rings. The Bertz CT molecular complexity index is 1470. The van der Waals surface area contributed by atoms with E-state index in [4.69, 9.17) is 16.7 Å². The smallest absolute Gasteiger partial charge is 0.272 e. The fourth-order valence-corrected chi connectivity index (χ4v) is 4.71. The summed E-state index contributed by atoms with van der Waals surface area (Å²) in [4.78, 5) is 28.2. The second-order valence-electron chi connectivity index (χ2n) is 9.13. The molecule has 0 saturated carbocycles. The zero-order valence-electron chi connectivity index (χ0n) is 20.6. The fourth-order valence-electron chi connectivity index (χ4n) is 4.50. The van der Waals surface area contributed by atoms with Crippen LogP contribution < -0.4 is 4.90 Å². The molecule has 9 heteroatoms. The maximum Gasteiger partial charge on any atom is 0.272 e. The number of rotatable bonds is 5. The van der Waals surface area contributed by atoms with E-state index in [2.05, 4.69) is 30.9 Å². The molecule has 0 spiro atoms. The van der Waals surface area contributed by atoms with Gasteiger partial charge in [0.15, 0.2) is 0 Å². The molecule has 0 unspecified atom stereocenters. The molecule has 2 heterocycles. The SMILES string of the molecule is Cc1ccc(-c2cc(C(=O)N3CCN(c4ccc([N+](=O)[O-])cc4)CC3)n(-c3ccccc3Cl)n2)cc1C. The molecule has 0 atom stereocenters. The average molecular weight is 516 g/mol.